The summed E-state index contributed by atoms with van der Waals surface area (Å²) in [6.07, 6.45) is 1.71. The van der Waals surface area contributed by atoms with Gasteiger partial charge < -0.3 is 5.32 Å². The second-order valence-electron chi connectivity index (χ2n) is 6.30. The summed E-state index contributed by atoms with van der Waals surface area (Å²) in [5.41, 5.74) is 3.32. The average molecular weight is 355 g/mol. The molecular formula is C17H17N5O2S. The van der Waals surface area contributed by atoms with Crippen LogP contribution in [0.25, 0.3) is 11.0 Å². The summed E-state index contributed by atoms with van der Waals surface area (Å²) in [6, 6.07) is 5.72. The Morgan fingerprint density at radius 1 is 1.36 bits per heavy atom. The van der Waals surface area contributed by atoms with Crippen LogP contribution in [0, 0.1) is 13.8 Å². The van der Waals surface area contributed by atoms with Gasteiger partial charge in [-0.3, -0.25) is 19.3 Å². The SMILES string of the molecule is Cc1cc(C)cc(NC(=O)CC2CSc3nc4[nH]ncc4c(=O)n32)c1. The van der Waals surface area contributed by atoms with Crippen LogP contribution in [0.4, 0.5) is 5.69 Å². The maximum absolute atomic E-state index is 12.6. The molecule has 0 spiro atoms. The number of H-pyrrole nitrogens is 1. The molecule has 2 N–H and O–H groups in total. The fourth-order valence-electron chi connectivity index (χ4n) is 3.18. The fraction of sp³-hybridized carbons (Fsp3) is 0.294. The molecule has 0 radical (unpaired) electrons. The molecule has 1 aromatic carbocycles. The summed E-state index contributed by atoms with van der Waals surface area (Å²) < 4.78 is 1.61. The topological polar surface area (TPSA) is 92.7 Å². The summed E-state index contributed by atoms with van der Waals surface area (Å²) in [5, 5.41) is 10.6. The number of amides is 1. The molecule has 7 nitrogen and oxygen atoms in total. The van der Waals surface area contributed by atoms with Crippen LogP contribution in [0.1, 0.15) is 23.6 Å². The summed E-state index contributed by atoms with van der Waals surface area (Å²) in [4.78, 5) is 29.5. The van der Waals surface area contributed by atoms with Crippen LogP contribution in [-0.2, 0) is 4.79 Å². The Labute approximate surface area is 147 Å². The van der Waals surface area contributed by atoms with Gasteiger partial charge in [-0.2, -0.15) is 5.10 Å². The number of benzene rings is 1. The number of aromatic amines is 1. The Hall–Kier alpha value is -2.61. The number of thioether (sulfide) groups is 1. The molecular weight excluding hydrogens is 338 g/mol. The molecule has 25 heavy (non-hydrogen) atoms. The number of fused-ring (bicyclic) bond motifs is 2. The van der Waals surface area contributed by atoms with Gasteiger partial charge in [0.05, 0.1) is 12.2 Å². The van der Waals surface area contributed by atoms with Crippen LogP contribution < -0.4 is 10.9 Å². The lowest BCUT2D eigenvalue weighted by molar-refractivity contribution is -0.116. The molecule has 2 aromatic heterocycles. The number of aromatic nitrogens is 4. The van der Waals surface area contributed by atoms with Gasteiger partial charge in [0.1, 0.15) is 5.39 Å². The molecule has 8 heteroatoms. The Balaban J connectivity index is 1.57. The second kappa shape index (κ2) is 6.03. The van der Waals surface area contributed by atoms with Gasteiger partial charge in [0.2, 0.25) is 5.91 Å². The Bertz CT molecular complexity index is 1020. The lowest BCUT2D eigenvalue weighted by Gasteiger charge is -2.13. The number of aryl methyl sites for hydroxylation is 2. The maximum atomic E-state index is 12.6. The molecule has 0 saturated carbocycles. The largest absolute Gasteiger partial charge is 0.326 e. The molecule has 1 aliphatic heterocycles. The van der Waals surface area contributed by atoms with E-state index >= 15 is 0 Å². The first-order chi connectivity index (χ1) is 12.0. The molecule has 1 amide bonds. The molecule has 128 valence electrons. The van der Waals surface area contributed by atoms with Crippen LogP contribution in [0.5, 0.6) is 0 Å². The van der Waals surface area contributed by atoms with Gasteiger partial charge in [-0.15, -0.1) is 0 Å². The van der Waals surface area contributed by atoms with Crippen molar-refractivity contribution in [1.82, 2.24) is 19.7 Å². The monoisotopic (exact) mass is 355 g/mol. The summed E-state index contributed by atoms with van der Waals surface area (Å²) in [7, 11) is 0. The summed E-state index contributed by atoms with van der Waals surface area (Å²) in [5.74, 6) is 0.547. The van der Waals surface area contributed by atoms with Crippen molar-refractivity contribution in [2.75, 3.05) is 11.1 Å². The first-order valence-corrected chi connectivity index (χ1v) is 8.96. The van der Waals surface area contributed by atoms with E-state index in [-0.39, 0.29) is 23.9 Å². The highest BCUT2D eigenvalue weighted by Crippen LogP contribution is 2.33. The van der Waals surface area contributed by atoms with E-state index in [0.717, 1.165) is 16.8 Å². The van der Waals surface area contributed by atoms with E-state index in [1.807, 2.05) is 26.0 Å². The van der Waals surface area contributed by atoms with Gasteiger partial charge in [-0.1, -0.05) is 17.8 Å². The first kappa shape index (κ1) is 15.9. The highest BCUT2D eigenvalue weighted by Gasteiger charge is 2.28. The van der Waals surface area contributed by atoms with Crippen molar-refractivity contribution in [3.63, 3.8) is 0 Å². The van der Waals surface area contributed by atoms with Crippen molar-refractivity contribution < 1.29 is 4.79 Å². The van der Waals surface area contributed by atoms with E-state index in [4.69, 9.17) is 0 Å². The molecule has 4 rings (SSSR count). The minimum atomic E-state index is -0.204. The second-order valence-corrected chi connectivity index (χ2v) is 7.28. The van der Waals surface area contributed by atoms with E-state index < -0.39 is 0 Å². The fourth-order valence-corrected chi connectivity index (χ4v) is 4.31. The van der Waals surface area contributed by atoms with E-state index in [1.165, 1.54) is 18.0 Å². The number of nitrogens with one attached hydrogen (secondary N) is 2. The van der Waals surface area contributed by atoms with Crippen molar-refractivity contribution in [1.29, 1.82) is 0 Å². The Morgan fingerprint density at radius 2 is 2.12 bits per heavy atom. The van der Waals surface area contributed by atoms with E-state index in [2.05, 4.69) is 26.6 Å². The van der Waals surface area contributed by atoms with Gasteiger partial charge in [-0.05, 0) is 37.1 Å². The van der Waals surface area contributed by atoms with Crippen LogP contribution in [0.3, 0.4) is 0 Å². The predicted molar refractivity (Wildman–Crippen MR) is 97.1 cm³/mol. The van der Waals surface area contributed by atoms with E-state index in [0.29, 0.717) is 21.9 Å². The molecule has 1 atom stereocenters. The number of nitrogens with zero attached hydrogens (tertiary/aromatic N) is 3. The zero-order chi connectivity index (χ0) is 17.6. The van der Waals surface area contributed by atoms with Gasteiger partial charge in [0.15, 0.2) is 10.8 Å². The zero-order valence-corrected chi connectivity index (χ0v) is 14.7. The molecule has 1 aliphatic rings. The summed E-state index contributed by atoms with van der Waals surface area (Å²) >= 11 is 1.49. The number of hydrogen-bond donors (Lipinski definition) is 2. The average Bonchev–Trinajstić information content (AvgIpc) is 3.14. The first-order valence-electron chi connectivity index (χ1n) is 7.98. The number of carbonyl (C=O) groups excluding carboxylic acids is 1. The number of carbonyl (C=O) groups is 1. The van der Waals surface area contributed by atoms with E-state index in [9.17, 15) is 9.59 Å². The van der Waals surface area contributed by atoms with Crippen LogP contribution in [-0.4, -0.2) is 31.4 Å². The highest BCUT2D eigenvalue weighted by molar-refractivity contribution is 7.99. The van der Waals surface area contributed by atoms with Gasteiger partial charge in [0.25, 0.3) is 5.56 Å². The van der Waals surface area contributed by atoms with Crippen LogP contribution in [0.15, 0.2) is 34.3 Å². The minimum absolute atomic E-state index is 0.109. The third kappa shape index (κ3) is 2.93. The van der Waals surface area contributed by atoms with Crippen molar-refractivity contribution in [3.8, 4) is 0 Å². The number of rotatable bonds is 3. The Kier molecular flexibility index (Phi) is 3.84. The number of anilines is 1. The van der Waals surface area contributed by atoms with Crippen molar-refractivity contribution in [2.24, 2.45) is 0 Å². The molecule has 0 bridgehead atoms. The maximum Gasteiger partial charge on any atom is 0.265 e. The molecule has 1 unspecified atom stereocenters. The molecule has 3 heterocycles. The molecule has 3 aromatic rings. The lowest BCUT2D eigenvalue weighted by atomic mass is 10.1. The zero-order valence-electron chi connectivity index (χ0n) is 13.9. The lowest BCUT2D eigenvalue weighted by Crippen LogP contribution is -2.27. The smallest absolute Gasteiger partial charge is 0.265 e. The predicted octanol–water partition coefficient (Wildman–Crippen LogP) is 2.41. The molecule has 0 fully saturated rings. The molecule has 0 saturated heterocycles. The third-order valence-corrected chi connectivity index (χ3v) is 5.28. The third-order valence-electron chi connectivity index (χ3n) is 4.18. The normalized spacial score (nSPS) is 16.2. The van der Waals surface area contributed by atoms with Gasteiger partial charge in [0, 0.05) is 17.9 Å². The standard InChI is InChI=1S/C17H17N5O2S/c1-9-3-10(2)5-11(4-9)19-14(23)6-12-8-25-17-20-15-13(7-18-21-15)16(24)22(12)17/h3-5,7,12H,6,8H2,1-2H3,(H,18,21)(H,19,23). The molecule has 0 aliphatic carbocycles. The Morgan fingerprint density at radius 3 is 2.88 bits per heavy atom. The van der Waals surface area contributed by atoms with Crippen molar-refractivity contribution >= 4 is 34.4 Å². The highest BCUT2D eigenvalue weighted by atomic mass is 32.2. The van der Waals surface area contributed by atoms with Gasteiger partial charge >= 0.3 is 0 Å². The van der Waals surface area contributed by atoms with Gasteiger partial charge in [-0.25, -0.2) is 4.98 Å². The van der Waals surface area contributed by atoms with E-state index in [1.54, 1.807) is 4.57 Å². The minimum Gasteiger partial charge on any atom is -0.326 e. The van der Waals surface area contributed by atoms with Crippen molar-refractivity contribution in [2.45, 2.75) is 31.5 Å². The van der Waals surface area contributed by atoms with Crippen molar-refractivity contribution in [3.05, 3.63) is 45.9 Å². The number of hydrogen-bond acceptors (Lipinski definition) is 5. The quantitative estimate of drug-likeness (QED) is 0.704. The summed E-state index contributed by atoms with van der Waals surface area (Å²) in [6.45, 7) is 3.99. The van der Waals surface area contributed by atoms with Crippen LogP contribution in [0.2, 0.25) is 0 Å². The van der Waals surface area contributed by atoms with Crippen LogP contribution >= 0.6 is 11.8 Å².